The molecule has 0 bridgehead atoms. The number of aliphatic hydroxyl groups excluding tert-OH is 1. The van der Waals surface area contributed by atoms with E-state index in [1.54, 1.807) is 0 Å². The van der Waals surface area contributed by atoms with Crippen LogP contribution in [0, 0.1) is 13.8 Å². The number of hydrogen-bond acceptors (Lipinski definition) is 5. The highest BCUT2D eigenvalue weighted by Crippen LogP contribution is 2.32. The van der Waals surface area contributed by atoms with Crippen LogP contribution in [0.25, 0.3) is 5.69 Å². The zero-order valence-corrected chi connectivity index (χ0v) is 21.3. The lowest BCUT2D eigenvalue weighted by Crippen LogP contribution is -2.37. The second-order valence-corrected chi connectivity index (χ2v) is 9.66. The van der Waals surface area contributed by atoms with Gasteiger partial charge in [0.15, 0.2) is 0 Å². The number of aryl methyl sites for hydroxylation is 2. The van der Waals surface area contributed by atoms with Crippen LogP contribution in [0.1, 0.15) is 55.8 Å². The van der Waals surface area contributed by atoms with Crippen molar-refractivity contribution in [3.8, 4) is 17.3 Å². The molecule has 1 aromatic heterocycles. The standard InChI is InChI=1S/C29H39N3O3/c1-4-5-12-25(33)19-31(20-27-13-9-18-34-27)21-28-23(3)30-32(24-10-7-6-8-11-24)29(28)35-26-16-14-22(2)15-17-26/h6-8,10-11,14-17,25,27,33H,4-5,9,12-13,18-21H2,1-3H3/t25-,27-/m0/s1. The van der Waals surface area contributed by atoms with Crippen molar-refractivity contribution in [3.63, 3.8) is 0 Å². The minimum absolute atomic E-state index is 0.208. The summed E-state index contributed by atoms with van der Waals surface area (Å²) in [5.74, 6) is 1.50. The SMILES string of the molecule is CCCC[C@H](O)CN(Cc1c(C)nn(-c2ccccc2)c1Oc1ccc(C)cc1)C[C@@H]1CCCO1. The van der Waals surface area contributed by atoms with Gasteiger partial charge in [-0.3, -0.25) is 4.90 Å². The Hall–Kier alpha value is -2.67. The molecule has 188 valence electrons. The van der Waals surface area contributed by atoms with E-state index in [2.05, 4.69) is 30.9 Å². The van der Waals surface area contributed by atoms with Gasteiger partial charge in [0.2, 0.25) is 5.88 Å². The van der Waals surface area contributed by atoms with Gasteiger partial charge in [0.05, 0.1) is 29.2 Å². The van der Waals surface area contributed by atoms with Crippen molar-refractivity contribution in [3.05, 3.63) is 71.4 Å². The summed E-state index contributed by atoms with van der Waals surface area (Å²) in [5, 5.41) is 15.6. The van der Waals surface area contributed by atoms with Crippen LogP contribution in [0.15, 0.2) is 54.6 Å². The van der Waals surface area contributed by atoms with Crippen LogP contribution < -0.4 is 4.74 Å². The molecular formula is C29H39N3O3. The largest absolute Gasteiger partial charge is 0.439 e. The summed E-state index contributed by atoms with van der Waals surface area (Å²) >= 11 is 0. The molecule has 2 aromatic carbocycles. The van der Waals surface area contributed by atoms with Gasteiger partial charge in [-0.25, -0.2) is 4.68 Å². The smallest absolute Gasteiger partial charge is 0.227 e. The zero-order valence-electron chi connectivity index (χ0n) is 21.3. The second-order valence-electron chi connectivity index (χ2n) is 9.66. The van der Waals surface area contributed by atoms with Crippen molar-refractivity contribution < 1.29 is 14.6 Å². The third kappa shape index (κ3) is 6.94. The van der Waals surface area contributed by atoms with Gasteiger partial charge in [-0.05, 0) is 57.4 Å². The van der Waals surface area contributed by atoms with E-state index in [9.17, 15) is 5.11 Å². The van der Waals surface area contributed by atoms with E-state index in [4.69, 9.17) is 14.6 Å². The molecule has 0 aliphatic carbocycles. The summed E-state index contributed by atoms with van der Waals surface area (Å²) in [7, 11) is 0. The molecule has 6 heteroatoms. The molecule has 2 atom stereocenters. The number of para-hydroxylation sites is 1. The monoisotopic (exact) mass is 477 g/mol. The Morgan fingerprint density at radius 3 is 2.60 bits per heavy atom. The lowest BCUT2D eigenvalue weighted by atomic mass is 10.1. The van der Waals surface area contributed by atoms with E-state index >= 15 is 0 Å². The van der Waals surface area contributed by atoms with Crippen LogP contribution >= 0.6 is 0 Å². The molecule has 35 heavy (non-hydrogen) atoms. The molecule has 0 spiro atoms. The second kappa shape index (κ2) is 12.3. The van der Waals surface area contributed by atoms with E-state index in [0.29, 0.717) is 13.1 Å². The number of hydrogen-bond donors (Lipinski definition) is 1. The highest BCUT2D eigenvalue weighted by atomic mass is 16.5. The third-order valence-corrected chi connectivity index (χ3v) is 6.60. The molecule has 2 heterocycles. The van der Waals surface area contributed by atoms with Gasteiger partial charge in [-0.15, -0.1) is 0 Å². The molecule has 6 nitrogen and oxygen atoms in total. The molecule has 1 fully saturated rings. The van der Waals surface area contributed by atoms with Gasteiger partial charge in [-0.2, -0.15) is 5.10 Å². The first kappa shape index (κ1) is 25.4. The highest BCUT2D eigenvalue weighted by molar-refractivity contribution is 5.43. The van der Waals surface area contributed by atoms with Crippen LogP contribution in [0.5, 0.6) is 11.6 Å². The third-order valence-electron chi connectivity index (χ3n) is 6.60. The Labute approximate surface area is 209 Å². The van der Waals surface area contributed by atoms with Gasteiger partial charge in [0.25, 0.3) is 0 Å². The quantitative estimate of drug-likeness (QED) is 0.357. The van der Waals surface area contributed by atoms with E-state index in [0.717, 1.165) is 73.8 Å². The van der Waals surface area contributed by atoms with Crippen molar-refractivity contribution in [2.45, 2.75) is 71.6 Å². The van der Waals surface area contributed by atoms with Crippen molar-refractivity contribution in [2.24, 2.45) is 0 Å². The number of unbranched alkanes of at least 4 members (excludes halogenated alkanes) is 1. The van der Waals surface area contributed by atoms with Crippen molar-refractivity contribution in [2.75, 3.05) is 19.7 Å². The average Bonchev–Trinajstić information content (AvgIpc) is 3.48. The van der Waals surface area contributed by atoms with Crippen LogP contribution in [0.3, 0.4) is 0 Å². The summed E-state index contributed by atoms with van der Waals surface area (Å²) in [6.07, 6.45) is 4.94. The normalized spacial score (nSPS) is 16.7. The fraction of sp³-hybridized carbons (Fsp3) is 0.483. The number of ether oxygens (including phenoxy) is 2. The van der Waals surface area contributed by atoms with E-state index in [1.165, 1.54) is 5.56 Å². The predicted molar refractivity (Wildman–Crippen MR) is 139 cm³/mol. The average molecular weight is 478 g/mol. The molecule has 1 saturated heterocycles. The molecule has 1 N–H and O–H groups in total. The summed E-state index contributed by atoms with van der Waals surface area (Å²) in [6, 6.07) is 18.2. The molecular weight excluding hydrogens is 438 g/mol. The summed E-state index contributed by atoms with van der Waals surface area (Å²) in [5.41, 5.74) is 4.11. The lowest BCUT2D eigenvalue weighted by molar-refractivity contribution is 0.0434. The maximum atomic E-state index is 10.8. The highest BCUT2D eigenvalue weighted by Gasteiger charge is 2.25. The Morgan fingerprint density at radius 2 is 1.91 bits per heavy atom. The Bertz CT molecular complexity index is 1040. The topological polar surface area (TPSA) is 59.8 Å². The fourth-order valence-electron chi connectivity index (χ4n) is 4.62. The number of aromatic nitrogens is 2. The summed E-state index contributed by atoms with van der Waals surface area (Å²) in [4.78, 5) is 2.32. The molecule has 0 unspecified atom stereocenters. The van der Waals surface area contributed by atoms with Crippen LogP contribution in [-0.4, -0.2) is 51.7 Å². The lowest BCUT2D eigenvalue weighted by Gasteiger charge is -2.27. The van der Waals surface area contributed by atoms with Crippen molar-refractivity contribution in [1.82, 2.24) is 14.7 Å². The van der Waals surface area contributed by atoms with Crippen molar-refractivity contribution in [1.29, 1.82) is 0 Å². The first-order valence-electron chi connectivity index (χ1n) is 12.9. The minimum atomic E-state index is -0.359. The number of aliphatic hydroxyl groups is 1. The maximum absolute atomic E-state index is 10.8. The number of benzene rings is 2. The Morgan fingerprint density at radius 1 is 1.14 bits per heavy atom. The van der Waals surface area contributed by atoms with Crippen LogP contribution in [-0.2, 0) is 11.3 Å². The number of nitrogens with zero attached hydrogens (tertiary/aromatic N) is 3. The number of rotatable bonds is 12. The first-order valence-corrected chi connectivity index (χ1v) is 12.9. The fourth-order valence-corrected chi connectivity index (χ4v) is 4.62. The predicted octanol–water partition coefficient (Wildman–Crippen LogP) is 5.81. The van der Waals surface area contributed by atoms with Crippen molar-refractivity contribution >= 4 is 0 Å². The Balaban J connectivity index is 1.65. The van der Waals surface area contributed by atoms with E-state index in [-0.39, 0.29) is 12.2 Å². The van der Waals surface area contributed by atoms with Gasteiger partial charge >= 0.3 is 0 Å². The van der Waals surface area contributed by atoms with E-state index in [1.807, 2.05) is 54.1 Å². The van der Waals surface area contributed by atoms with Crippen LogP contribution in [0.2, 0.25) is 0 Å². The molecule has 1 aliphatic heterocycles. The molecule has 0 amide bonds. The molecule has 1 aliphatic rings. The van der Waals surface area contributed by atoms with E-state index < -0.39 is 0 Å². The van der Waals surface area contributed by atoms with Gasteiger partial charge in [-0.1, -0.05) is 55.7 Å². The summed E-state index contributed by atoms with van der Waals surface area (Å²) < 4.78 is 14.3. The molecule has 3 aromatic rings. The Kier molecular flexibility index (Phi) is 8.96. The summed E-state index contributed by atoms with van der Waals surface area (Å²) in [6.45, 7) is 9.14. The van der Waals surface area contributed by atoms with Gasteiger partial charge in [0.1, 0.15) is 5.75 Å². The van der Waals surface area contributed by atoms with Crippen LogP contribution in [0.4, 0.5) is 0 Å². The molecule has 0 radical (unpaired) electrons. The van der Waals surface area contributed by atoms with Gasteiger partial charge < -0.3 is 14.6 Å². The zero-order chi connectivity index (χ0) is 24.6. The molecule has 4 rings (SSSR count). The first-order chi connectivity index (χ1) is 17.0. The molecule has 0 saturated carbocycles. The minimum Gasteiger partial charge on any atom is -0.439 e. The maximum Gasteiger partial charge on any atom is 0.227 e. The van der Waals surface area contributed by atoms with Gasteiger partial charge in [0, 0.05) is 26.2 Å².